The second-order valence-electron chi connectivity index (χ2n) is 2.52. The summed E-state index contributed by atoms with van der Waals surface area (Å²) in [6, 6.07) is 2.65. The van der Waals surface area contributed by atoms with Gasteiger partial charge in [0.2, 0.25) is 0 Å². The molecule has 1 nitrogen and oxygen atoms in total. The standard InChI is InChI=1S/C8H7F4N.ClH/c9-7-3-5(4-13)1-2-6(7)8(10,11)12;/h1-3H,4,13H2;1H. The molecule has 2 N–H and O–H groups in total. The van der Waals surface area contributed by atoms with E-state index in [1.807, 2.05) is 0 Å². The van der Waals surface area contributed by atoms with Crippen molar-refractivity contribution >= 4 is 12.4 Å². The van der Waals surface area contributed by atoms with Crippen LogP contribution in [0, 0.1) is 5.82 Å². The third kappa shape index (κ3) is 2.85. The predicted octanol–water partition coefficient (Wildman–Crippen LogP) is 2.73. The van der Waals surface area contributed by atoms with Crippen LogP contribution in [0.1, 0.15) is 11.1 Å². The summed E-state index contributed by atoms with van der Waals surface area (Å²) in [6.07, 6.45) is -4.64. The maximum atomic E-state index is 12.8. The minimum Gasteiger partial charge on any atom is -0.326 e. The van der Waals surface area contributed by atoms with E-state index in [0.717, 1.165) is 12.1 Å². The molecule has 0 heterocycles. The number of alkyl halides is 3. The second kappa shape index (κ2) is 4.61. The molecule has 0 saturated carbocycles. The summed E-state index contributed by atoms with van der Waals surface area (Å²) >= 11 is 0. The Morgan fingerprint density at radius 3 is 2.14 bits per heavy atom. The molecule has 1 aromatic carbocycles. The van der Waals surface area contributed by atoms with Crippen molar-refractivity contribution in [1.82, 2.24) is 0 Å². The fraction of sp³-hybridized carbons (Fsp3) is 0.250. The molecule has 0 spiro atoms. The summed E-state index contributed by atoms with van der Waals surface area (Å²) in [7, 11) is 0. The topological polar surface area (TPSA) is 26.0 Å². The number of hydrogen-bond donors (Lipinski definition) is 1. The highest BCUT2D eigenvalue weighted by molar-refractivity contribution is 5.85. The van der Waals surface area contributed by atoms with E-state index < -0.39 is 17.6 Å². The molecule has 1 aromatic rings. The van der Waals surface area contributed by atoms with Crippen molar-refractivity contribution in [3.8, 4) is 0 Å². The molecule has 0 radical (unpaired) electrons. The highest BCUT2D eigenvalue weighted by Gasteiger charge is 2.33. The molecule has 0 aliphatic carbocycles. The highest BCUT2D eigenvalue weighted by atomic mass is 35.5. The number of hydrogen-bond acceptors (Lipinski definition) is 1. The Balaban J connectivity index is 0.00000169. The van der Waals surface area contributed by atoms with E-state index in [2.05, 4.69) is 0 Å². The van der Waals surface area contributed by atoms with Gasteiger partial charge in [-0.2, -0.15) is 13.2 Å². The van der Waals surface area contributed by atoms with Crippen molar-refractivity contribution in [3.05, 3.63) is 35.1 Å². The van der Waals surface area contributed by atoms with Crippen molar-refractivity contribution < 1.29 is 17.6 Å². The lowest BCUT2D eigenvalue weighted by Gasteiger charge is -2.08. The van der Waals surface area contributed by atoms with E-state index in [4.69, 9.17) is 5.73 Å². The lowest BCUT2D eigenvalue weighted by Crippen LogP contribution is -2.09. The monoisotopic (exact) mass is 229 g/mol. The van der Waals surface area contributed by atoms with Gasteiger partial charge in [-0.3, -0.25) is 0 Å². The Hall–Kier alpha value is -0.810. The minimum atomic E-state index is -4.64. The molecule has 6 heteroatoms. The molecule has 0 amide bonds. The zero-order valence-corrected chi connectivity index (χ0v) is 7.75. The Kier molecular flexibility index (Phi) is 4.35. The van der Waals surface area contributed by atoms with Gasteiger partial charge in [0.05, 0.1) is 5.56 Å². The first-order chi connectivity index (χ1) is 5.95. The highest BCUT2D eigenvalue weighted by Crippen LogP contribution is 2.31. The average Bonchev–Trinajstić information content (AvgIpc) is 2.01. The molecule has 14 heavy (non-hydrogen) atoms. The molecule has 80 valence electrons. The first-order valence-electron chi connectivity index (χ1n) is 3.51. The molecular weight excluding hydrogens is 222 g/mol. The first kappa shape index (κ1) is 13.2. The molecule has 0 fully saturated rings. The van der Waals surface area contributed by atoms with Gasteiger partial charge in [-0.15, -0.1) is 12.4 Å². The quantitative estimate of drug-likeness (QED) is 0.737. The van der Waals surface area contributed by atoms with Crippen molar-refractivity contribution in [2.45, 2.75) is 12.7 Å². The molecular formula is C8H8ClF4N. The van der Waals surface area contributed by atoms with Gasteiger partial charge in [0.15, 0.2) is 0 Å². The van der Waals surface area contributed by atoms with Crippen molar-refractivity contribution in [1.29, 1.82) is 0 Å². The molecule has 0 unspecified atom stereocenters. The number of nitrogens with two attached hydrogens (primary N) is 1. The van der Waals surface area contributed by atoms with E-state index >= 15 is 0 Å². The number of benzene rings is 1. The Morgan fingerprint density at radius 2 is 1.79 bits per heavy atom. The molecule has 0 aliphatic heterocycles. The summed E-state index contributed by atoms with van der Waals surface area (Å²) in [5.41, 5.74) is 4.21. The van der Waals surface area contributed by atoms with Crippen LogP contribution < -0.4 is 5.73 Å². The lowest BCUT2D eigenvalue weighted by molar-refractivity contribution is -0.140. The van der Waals surface area contributed by atoms with Crippen LogP contribution in [0.4, 0.5) is 17.6 Å². The molecule has 0 aliphatic rings. The van der Waals surface area contributed by atoms with Gasteiger partial charge in [-0.05, 0) is 17.7 Å². The average molecular weight is 230 g/mol. The van der Waals surface area contributed by atoms with Crippen LogP contribution in [0.3, 0.4) is 0 Å². The third-order valence-electron chi connectivity index (χ3n) is 1.57. The van der Waals surface area contributed by atoms with E-state index in [1.165, 1.54) is 0 Å². The predicted molar refractivity (Wildman–Crippen MR) is 46.5 cm³/mol. The van der Waals surface area contributed by atoms with Gasteiger partial charge in [0.25, 0.3) is 0 Å². The molecule has 0 aromatic heterocycles. The smallest absolute Gasteiger partial charge is 0.326 e. The van der Waals surface area contributed by atoms with Crippen LogP contribution in [0.15, 0.2) is 18.2 Å². The maximum absolute atomic E-state index is 12.8. The zero-order valence-electron chi connectivity index (χ0n) is 6.94. The number of rotatable bonds is 1. The summed E-state index contributed by atoms with van der Waals surface area (Å²) in [4.78, 5) is 0. The van der Waals surface area contributed by atoms with E-state index in [-0.39, 0.29) is 19.0 Å². The van der Waals surface area contributed by atoms with Crippen molar-refractivity contribution in [2.75, 3.05) is 0 Å². The molecule has 0 atom stereocenters. The molecule has 0 bridgehead atoms. The van der Waals surface area contributed by atoms with Gasteiger partial charge in [-0.25, -0.2) is 4.39 Å². The fourth-order valence-electron chi connectivity index (χ4n) is 0.915. The zero-order chi connectivity index (χ0) is 10.1. The summed E-state index contributed by atoms with van der Waals surface area (Å²) in [5, 5.41) is 0. The Labute approximate surface area is 84.3 Å². The van der Waals surface area contributed by atoms with Crippen LogP contribution in [0.25, 0.3) is 0 Å². The van der Waals surface area contributed by atoms with Gasteiger partial charge < -0.3 is 5.73 Å². The lowest BCUT2D eigenvalue weighted by atomic mass is 10.1. The van der Waals surface area contributed by atoms with Crippen LogP contribution >= 0.6 is 12.4 Å². The van der Waals surface area contributed by atoms with E-state index in [0.29, 0.717) is 11.6 Å². The minimum absolute atomic E-state index is 0. The second-order valence-corrected chi connectivity index (χ2v) is 2.52. The van der Waals surface area contributed by atoms with Crippen LogP contribution in [0.5, 0.6) is 0 Å². The molecule has 1 rings (SSSR count). The SMILES string of the molecule is Cl.NCc1ccc(C(F)(F)F)c(F)c1. The summed E-state index contributed by atoms with van der Waals surface area (Å²) in [6.45, 7) is 0.0229. The summed E-state index contributed by atoms with van der Waals surface area (Å²) < 4.78 is 48.8. The van der Waals surface area contributed by atoms with Crippen molar-refractivity contribution in [2.24, 2.45) is 5.73 Å². The largest absolute Gasteiger partial charge is 0.419 e. The first-order valence-corrected chi connectivity index (χ1v) is 3.51. The Bertz CT molecular complexity index is 311. The fourth-order valence-corrected chi connectivity index (χ4v) is 0.915. The van der Waals surface area contributed by atoms with Crippen LogP contribution in [-0.4, -0.2) is 0 Å². The number of halogens is 5. The Morgan fingerprint density at radius 1 is 1.21 bits per heavy atom. The van der Waals surface area contributed by atoms with Crippen molar-refractivity contribution in [3.63, 3.8) is 0 Å². The van der Waals surface area contributed by atoms with Gasteiger partial charge in [0.1, 0.15) is 5.82 Å². The van der Waals surface area contributed by atoms with Gasteiger partial charge in [0, 0.05) is 6.54 Å². The van der Waals surface area contributed by atoms with Crippen LogP contribution in [-0.2, 0) is 12.7 Å². The van der Waals surface area contributed by atoms with Crippen LogP contribution in [0.2, 0.25) is 0 Å². The summed E-state index contributed by atoms with van der Waals surface area (Å²) in [5.74, 6) is -1.28. The maximum Gasteiger partial charge on any atom is 0.419 e. The van der Waals surface area contributed by atoms with E-state index in [9.17, 15) is 17.6 Å². The normalized spacial score (nSPS) is 10.9. The third-order valence-corrected chi connectivity index (χ3v) is 1.57. The van der Waals surface area contributed by atoms with Gasteiger partial charge >= 0.3 is 6.18 Å². The van der Waals surface area contributed by atoms with E-state index in [1.54, 1.807) is 0 Å². The molecule has 0 saturated heterocycles. The van der Waals surface area contributed by atoms with Gasteiger partial charge in [-0.1, -0.05) is 6.07 Å².